The summed E-state index contributed by atoms with van der Waals surface area (Å²) in [6, 6.07) is 5.75. The summed E-state index contributed by atoms with van der Waals surface area (Å²) in [5.41, 5.74) is 1.27. The molecule has 0 atom stereocenters. The van der Waals surface area contributed by atoms with Gasteiger partial charge in [-0.1, -0.05) is 41.8 Å². The van der Waals surface area contributed by atoms with Crippen LogP contribution in [0.5, 0.6) is 0 Å². The third kappa shape index (κ3) is 4.09. The van der Waals surface area contributed by atoms with Crippen LogP contribution in [-0.2, 0) is 13.0 Å². The van der Waals surface area contributed by atoms with Gasteiger partial charge < -0.3 is 4.42 Å². The van der Waals surface area contributed by atoms with E-state index >= 15 is 0 Å². The molecular formula is C17H22BrNO3. The molecule has 2 aromatic rings. The van der Waals surface area contributed by atoms with Crippen molar-refractivity contribution in [1.29, 1.82) is 0 Å². The average Bonchev–Trinajstić information content (AvgIpc) is 2.52. The van der Waals surface area contributed by atoms with Crippen molar-refractivity contribution >= 4 is 26.8 Å². The zero-order valence-electron chi connectivity index (χ0n) is 12.9. The number of benzene rings is 1. The van der Waals surface area contributed by atoms with E-state index in [0.29, 0.717) is 17.4 Å². The lowest BCUT2D eigenvalue weighted by atomic mass is 10.1. The number of hydrogen-bond donors (Lipinski definition) is 0. The largest absolute Gasteiger partial charge is 0.422 e. The first kappa shape index (κ1) is 17.0. The van der Waals surface area contributed by atoms with Crippen molar-refractivity contribution < 1.29 is 4.42 Å². The van der Waals surface area contributed by atoms with Crippen molar-refractivity contribution in [3.8, 4) is 0 Å². The molecule has 0 unspecified atom stereocenters. The van der Waals surface area contributed by atoms with E-state index in [0.717, 1.165) is 49.4 Å². The summed E-state index contributed by atoms with van der Waals surface area (Å²) >= 11 is 3.40. The Labute approximate surface area is 138 Å². The maximum Gasteiger partial charge on any atom is 0.422 e. The van der Waals surface area contributed by atoms with E-state index in [1.54, 1.807) is 4.57 Å². The van der Waals surface area contributed by atoms with E-state index in [2.05, 4.69) is 22.9 Å². The molecule has 0 saturated heterocycles. The van der Waals surface area contributed by atoms with Crippen molar-refractivity contribution in [3.63, 3.8) is 0 Å². The molecule has 0 fully saturated rings. The molecule has 0 aliphatic rings. The van der Waals surface area contributed by atoms with Crippen LogP contribution in [0.3, 0.4) is 0 Å². The van der Waals surface area contributed by atoms with E-state index in [-0.39, 0.29) is 0 Å². The van der Waals surface area contributed by atoms with Crippen molar-refractivity contribution in [2.24, 2.45) is 0 Å². The SMILES string of the molecule is CCCCc1ccc2c(c1)c(=O)oc(=O)n2CCCCCBr. The lowest BCUT2D eigenvalue weighted by Gasteiger charge is -2.09. The minimum absolute atomic E-state index is 0.508. The summed E-state index contributed by atoms with van der Waals surface area (Å²) in [7, 11) is 0. The highest BCUT2D eigenvalue weighted by atomic mass is 79.9. The predicted molar refractivity (Wildman–Crippen MR) is 93.0 cm³/mol. The number of aryl methyl sites for hydroxylation is 2. The molecule has 0 bridgehead atoms. The Morgan fingerprint density at radius 3 is 2.68 bits per heavy atom. The van der Waals surface area contributed by atoms with Crippen molar-refractivity contribution in [2.75, 3.05) is 5.33 Å². The fourth-order valence-electron chi connectivity index (χ4n) is 2.56. The maximum absolute atomic E-state index is 12.0. The number of fused-ring (bicyclic) bond motifs is 1. The van der Waals surface area contributed by atoms with Crippen LogP contribution in [0.1, 0.15) is 44.6 Å². The first-order chi connectivity index (χ1) is 10.7. The molecule has 1 heterocycles. The summed E-state index contributed by atoms with van der Waals surface area (Å²) in [6.07, 6.45) is 6.14. The Morgan fingerprint density at radius 2 is 1.95 bits per heavy atom. The minimum atomic E-state index is -0.558. The third-order valence-corrected chi connectivity index (χ3v) is 4.37. The summed E-state index contributed by atoms with van der Waals surface area (Å²) < 4.78 is 6.46. The van der Waals surface area contributed by atoms with Gasteiger partial charge in [0.1, 0.15) is 0 Å². The van der Waals surface area contributed by atoms with Gasteiger partial charge in [-0.05, 0) is 43.4 Å². The second-order valence-electron chi connectivity index (χ2n) is 5.51. The average molecular weight is 368 g/mol. The zero-order valence-corrected chi connectivity index (χ0v) is 14.5. The van der Waals surface area contributed by atoms with E-state index in [1.165, 1.54) is 0 Å². The second-order valence-corrected chi connectivity index (χ2v) is 6.30. The van der Waals surface area contributed by atoms with Gasteiger partial charge in [0.25, 0.3) is 0 Å². The van der Waals surface area contributed by atoms with E-state index in [9.17, 15) is 9.59 Å². The lowest BCUT2D eigenvalue weighted by molar-refractivity contribution is 0.410. The van der Waals surface area contributed by atoms with Crippen LogP contribution in [0.4, 0.5) is 0 Å². The Bertz CT molecular complexity index is 733. The monoisotopic (exact) mass is 367 g/mol. The molecule has 4 nitrogen and oxygen atoms in total. The quantitative estimate of drug-likeness (QED) is 0.525. The molecular weight excluding hydrogens is 346 g/mol. The smallest absolute Gasteiger partial charge is 0.372 e. The van der Waals surface area contributed by atoms with Gasteiger partial charge in [0.15, 0.2) is 0 Å². The van der Waals surface area contributed by atoms with Gasteiger partial charge >= 0.3 is 11.4 Å². The second kappa shape index (κ2) is 8.32. The summed E-state index contributed by atoms with van der Waals surface area (Å²) in [5.74, 6) is -0.558. The molecule has 5 heteroatoms. The molecule has 1 aromatic heterocycles. The highest BCUT2D eigenvalue weighted by Gasteiger charge is 2.10. The van der Waals surface area contributed by atoms with Gasteiger partial charge in [-0.3, -0.25) is 4.57 Å². The predicted octanol–water partition coefficient (Wildman–Crippen LogP) is 3.86. The first-order valence-electron chi connectivity index (χ1n) is 7.90. The fraction of sp³-hybridized carbons (Fsp3) is 0.529. The number of hydrogen-bond acceptors (Lipinski definition) is 3. The van der Waals surface area contributed by atoms with Crippen LogP contribution in [0.25, 0.3) is 10.9 Å². The van der Waals surface area contributed by atoms with Gasteiger partial charge in [-0.25, -0.2) is 9.59 Å². The Hall–Kier alpha value is -1.36. The maximum atomic E-state index is 12.0. The number of unbranched alkanes of at least 4 members (excludes halogenated alkanes) is 3. The number of aromatic nitrogens is 1. The number of nitrogens with zero attached hydrogens (tertiary/aromatic N) is 1. The Kier molecular flexibility index (Phi) is 6.43. The first-order valence-corrected chi connectivity index (χ1v) is 9.02. The Morgan fingerprint density at radius 1 is 1.14 bits per heavy atom. The van der Waals surface area contributed by atoms with Crippen molar-refractivity contribution in [1.82, 2.24) is 4.57 Å². The summed E-state index contributed by atoms with van der Waals surface area (Å²) in [5, 5.41) is 1.47. The summed E-state index contributed by atoms with van der Waals surface area (Å²) in [4.78, 5) is 23.9. The molecule has 120 valence electrons. The molecule has 0 aliphatic heterocycles. The third-order valence-electron chi connectivity index (χ3n) is 3.81. The van der Waals surface area contributed by atoms with Crippen LogP contribution < -0.4 is 11.4 Å². The molecule has 0 spiro atoms. The van der Waals surface area contributed by atoms with Crippen LogP contribution in [-0.4, -0.2) is 9.90 Å². The van der Waals surface area contributed by atoms with Gasteiger partial charge in [-0.15, -0.1) is 0 Å². The van der Waals surface area contributed by atoms with Crippen LogP contribution in [0.15, 0.2) is 32.2 Å². The molecule has 1 aromatic carbocycles. The summed E-state index contributed by atoms with van der Waals surface area (Å²) in [6.45, 7) is 2.72. The molecule has 0 saturated carbocycles. The molecule has 22 heavy (non-hydrogen) atoms. The van der Waals surface area contributed by atoms with Crippen LogP contribution >= 0.6 is 15.9 Å². The van der Waals surface area contributed by atoms with Crippen LogP contribution in [0, 0.1) is 0 Å². The lowest BCUT2D eigenvalue weighted by Crippen LogP contribution is -2.25. The van der Waals surface area contributed by atoms with E-state index in [1.807, 2.05) is 18.2 Å². The molecule has 0 N–H and O–H groups in total. The standard InChI is InChI=1S/C17H22BrNO3/c1-2-3-7-13-8-9-15-14(12-13)16(20)22-17(21)19(15)11-6-4-5-10-18/h8-9,12H,2-7,10-11H2,1H3. The highest BCUT2D eigenvalue weighted by molar-refractivity contribution is 9.09. The van der Waals surface area contributed by atoms with Gasteiger partial charge in [0, 0.05) is 11.9 Å². The fourth-order valence-corrected chi connectivity index (χ4v) is 2.96. The normalized spacial score (nSPS) is 11.2. The van der Waals surface area contributed by atoms with Gasteiger partial charge in [0.2, 0.25) is 0 Å². The molecule has 0 amide bonds. The Balaban J connectivity index is 2.35. The minimum Gasteiger partial charge on any atom is -0.372 e. The molecule has 2 rings (SSSR count). The number of rotatable bonds is 8. The van der Waals surface area contributed by atoms with Crippen molar-refractivity contribution in [2.45, 2.75) is 52.0 Å². The number of alkyl halides is 1. The van der Waals surface area contributed by atoms with Crippen molar-refractivity contribution in [3.05, 3.63) is 44.7 Å². The van der Waals surface area contributed by atoms with Gasteiger partial charge in [0.05, 0.1) is 10.9 Å². The molecule has 0 radical (unpaired) electrons. The highest BCUT2D eigenvalue weighted by Crippen LogP contribution is 2.14. The van der Waals surface area contributed by atoms with Gasteiger partial charge in [-0.2, -0.15) is 0 Å². The zero-order chi connectivity index (χ0) is 15.9. The topological polar surface area (TPSA) is 52.2 Å². The van der Waals surface area contributed by atoms with E-state index < -0.39 is 11.4 Å². The number of halogens is 1. The van der Waals surface area contributed by atoms with E-state index in [4.69, 9.17) is 4.42 Å². The van der Waals surface area contributed by atoms with Crippen LogP contribution in [0.2, 0.25) is 0 Å². The molecule has 0 aliphatic carbocycles.